The van der Waals surface area contributed by atoms with Crippen molar-refractivity contribution in [1.82, 2.24) is 9.13 Å². The fourth-order valence-electron chi connectivity index (χ4n) is 6.08. The third-order valence-corrected chi connectivity index (χ3v) is 7.92. The average Bonchev–Trinajstić information content (AvgIpc) is 3.36. The Labute approximate surface area is 230 Å². The molecule has 6 aromatic carbocycles. The molecule has 0 saturated heterocycles. The lowest BCUT2D eigenvalue weighted by Gasteiger charge is -2.16. The molecule has 0 radical (unpaired) electrons. The van der Waals surface area contributed by atoms with Crippen LogP contribution in [0, 0.1) is 0 Å². The summed E-state index contributed by atoms with van der Waals surface area (Å²) in [5.41, 5.74) is 8.79. The van der Waals surface area contributed by atoms with Crippen molar-refractivity contribution in [3.63, 3.8) is 0 Å². The first-order valence-electron chi connectivity index (χ1n) is 13.5. The molecule has 188 valence electrons. The van der Waals surface area contributed by atoms with E-state index < -0.39 is 0 Å². The van der Waals surface area contributed by atoms with E-state index in [4.69, 9.17) is 0 Å². The highest BCUT2D eigenvalue weighted by Gasteiger charge is 2.14. The van der Waals surface area contributed by atoms with Crippen LogP contribution in [0.25, 0.3) is 66.1 Å². The van der Waals surface area contributed by atoms with E-state index in [-0.39, 0.29) is 5.43 Å². The van der Waals surface area contributed by atoms with Gasteiger partial charge in [-0.15, -0.1) is 0 Å². The highest BCUT2D eigenvalue weighted by Crippen LogP contribution is 2.35. The van der Waals surface area contributed by atoms with Crippen LogP contribution in [-0.4, -0.2) is 9.13 Å². The smallest absolute Gasteiger partial charge is 0.197 e. The topological polar surface area (TPSA) is 26.9 Å². The van der Waals surface area contributed by atoms with Crippen molar-refractivity contribution in [3.05, 3.63) is 156 Å². The molecule has 40 heavy (non-hydrogen) atoms. The quantitative estimate of drug-likeness (QED) is 0.217. The van der Waals surface area contributed by atoms with Gasteiger partial charge in [-0.05, 0) is 77.9 Å². The molecular formula is C37H24N2O. The van der Waals surface area contributed by atoms with Crippen molar-refractivity contribution in [2.24, 2.45) is 0 Å². The Kier molecular flexibility index (Phi) is 4.98. The van der Waals surface area contributed by atoms with Crippen LogP contribution < -0.4 is 5.43 Å². The zero-order valence-electron chi connectivity index (χ0n) is 21.7. The second-order valence-electron chi connectivity index (χ2n) is 10.2. The first-order valence-corrected chi connectivity index (χ1v) is 13.5. The molecule has 3 nitrogen and oxygen atoms in total. The van der Waals surface area contributed by atoms with Gasteiger partial charge in [-0.1, -0.05) is 78.9 Å². The number of fused-ring (bicyclic) bond motifs is 5. The normalized spacial score (nSPS) is 11.6. The molecule has 0 unspecified atom stereocenters. The van der Waals surface area contributed by atoms with Crippen LogP contribution in [-0.2, 0) is 0 Å². The monoisotopic (exact) mass is 512 g/mol. The van der Waals surface area contributed by atoms with Gasteiger partial charge in [-0.3, -0.25) is 4.79 Å². The molecular weight excluding hydrogens is 488 g/mol. The maximum Gasteiger partial charge on any atom is 0.197 e. The Bertz CT molecular complexity index is 2210. The molecule has 3 heteroatoms. The first-order chi connectivity index (χ1) is 19.8. The number of rotatable bonds is 3. The minimum atomic E-state index is 0.0713. The third-order valence-electron chi connectivity index (χ3n) is 7.92. The molecule has 0 N–H and O–H groups in total. The Morgan fingerprint density at radius 1 is 0.350 bits per heavy atom. The number of para-hydroxylation sites is 4. The Morgan fingerprint density at radius 3 is 1.43 bits per heavy atom. The van der Waals surface area contributed by atoms with Gasteiger partial charge in [0.25, 0.3) is 0 Å². The lowest BCUT2D eigenvalue weighted by Crippen LogP contribution is -2.10. The SMILES string of the molecule is O=c1c2ccccc2n(-c2ccc(-c3ccc4c(c3)c3ccccc3n4-c3ccccc3)cc2)c2ccccc12. The fourth-order valence-corrected chi connectivity index (χ4v) is 6.08. The Balaban J connectivity index is 1.29. The molecule has 2 aromatic heterocycles. The first kappa shape index (κ1) is 22.6. The summed E-state index contributed by atoms with van der Waals surface area (Å²) in [5, 5.41) is 3.93. The van der Waals surface area contributed by atoms with Gasteiger partial charge in [0.05, 0.1) is 22.1 Å². The molecule has 0 bridgehead atoms. The third kappa shape index (κ3) is 3.35. The number of aromatic nitrogens is 2. The van der Waals surface area contributed by atoms with Gasteiger partial charge in [0, 0.05) is 32.9 Å². The van der Waals surface area contributed by atoms with E-state index in [0.29, 0.717) is 0 Å². The average molecular weight is 513 g/mol. The van der Waals surface area contributed by atoms with E-state index in [1.165, 1.54) is 27.4 Å². The van der Waals surface area contributed by atoms with Crippen LogP contribution >= 0.6 is 0 Å². The highest BCUT2D eigenvalue weighted by molar-refractivity contribution is 6.10. The van der Waals surface area contributed by atoms with E-state index >= 15 is 0 Å². The molecule has 0 aliphatic carbocycles. The zero-order valence-corrected chi connectivity index (χ0v) is 21.7. The van der Waals surface area contributed by atoms with Gasteiger partial charge >= 0.3 is 0 Å². The van der Waals surface area contributed by atoms with Gasteiger partial charge in [0.2, 0.25) is 0 Å². The summed E-state index contributed by atoms with van der Waals surface area (Å²) in [6.45, 7) is 0. The minimum absolute atomic E-state index is 0.0713. The van der Waals surface area contributed by atoms with E-state index in [1.54, 1.807) is 0 Å². The van der Waals surface area contributed by atoms with Crippen molar-refractivity contribution in [3.8, 4) is 22.5 Å². The summed E-state index contributed by atoms with van der Waals surface area (Å²) in [6.07, 6.45) is 0. The van der Waals surface area contributed by atoms with Gasteiger partial charge in [-0.2, -0.15) is 0 Å². The van der Waals surface area contributed by atoms with Crippen LogP contribution in [0.5, 0.6) is 0 Å². The maximum atomic E-state index is 13.2. The van der Waals surface area contributed by atoms with Crippen molar-refractivity contribution < 1.29 is 0 Å². The van der Waals surface area contributed by atoms with Crippen LogP contribution in [0.15, 0.2) is 150 Å². The van der Waals surface area contributed by atoms with Gasteiger partial charge in [0.1, 0.15) is 0 Å². The Hall–Kier alpha value is -5.41. The van der Waals surface area contributed by atoms with Gasteiger partial charge < -0.3 is 9.13 Å². The maximum absolute atomic E-state index is 13.2. The Morgan fingerprint density at radius 2 is 0.800 bits per heavy atom. The van der Waals surface area contributed by atoms with Crippen LogP contribution in [0.2, 0.25) is 0 Å². The van der Waals surface area contributed by atoms with Crippen molar-refractivity contribution in [2.45, 2.75) is 0 Å². The van der Waals surface area contributed by atoms with Crippen molar-refractivity contribution in [2.75, 3.05) is 0 Å². The molecule has 8 rings (SSSR count). The zero-order chi connectivity index (χ0) is 26.6. The lowest BCUT2D eigenvalue weighted by atomic mass is 10.0. The summed E-state index contributed by atoms with van der Waals surface area (Å²) < 4.78 is 4.52. The summed E-state index contributed by atoms with van der Waals surface area (Å²) in [5.74, 6) is 0. The van der Waals surface area contributed by atoms with Gasteiger partial charge in [0.15, 0.2) is 5.43 Å². The van der Waals surface area contributed by atoms with Crippen LogP contribution in [0.4, 0.5) is 0 Å². The second-order valence-corrected chi connectivity index (χ2v) is 10.2. The molecule has 2 heterocycles. The van der Waals surface area contributed by atoms with Crippen molar-refractivity contribution in [1.29, 1.82) is 0 Å². The molecule has 0 amide bonds. The minimum Gasteiger partial charge on any atom is -0.309 e. The molecule has 0 fully saturated rings. The summed E-state index contributed by atoms with van der Waals surface area (Å²) in [6, 6.07) is 50.2. The van der Waals surface area contributed by atoms with E-state index in [1.807, 2.05) is 48.5 Å². The van der Waals surface area contributed by atoms with Gasteiger partial charge in [-0.25, -0.2) is 0 Å². The van der Waals surface area contributed by atoms with E-state index in [9.17, 15) is 4.79 Å². The molecule has 8 aromatic rings. The van der Waals surface area contributed by atoms with E-state index in [0.717, 1.165) is 38.7 Å². The predicted octanol–water partition coefficient (Wildman–Crippen LogP) is 8.91. The predicted molar refractivity (Wildman–Crippen MR) is 167 cm³/mol. The number of hydrogen-bond acceptors (Lipinski definition) is 1. The van der Waals surface area contributed by atoms with E-state index in [2.05, 4.69) is 106 Å². The number of hydrogen-bond donors (Lipinski definition) is 0. The number of pyridine rings is 1. The lowest BCUT2D eigenvalue weighted by molar-refractivity contribution is 1.16. The number of benzene rings is 6. The largest absolute Gasteiger partial charge is 0.309 e. The molecule has 0 spiro atoms. The summed E-state index contributed by atoms with van der Waals surface area (Å²) in [4.78, 5) is 13.2. The second kappa shape index (κ2) is 8.82. The number of nitrogens with zero attached hydrogens (tertiary/aromatic N) is 2. The van der Waals surface area contributed by atoms with Crippen LogP contribution in [0.3, 0.4) is 0 Å². The molecule has 0 aliphatic rings. The van der Waals surface area contributed by atoms with Crippen LogP contribution in [0.1, 0.15) is 0 Å². The molecule has 0 aliphatic heterocycles. The fraction of sp³-hybridized carbons (Fsp3) is 0. The highest BCUT2D eigenvalue weighted by atomic mass is 16.1. The molecule has 0 saturated carbocycles. The van der Waals surface area contributed by atoms with Crippen molar-refractivity contribution >= 4 is 43.6 Å². The molecule has 0 atom stereocenters. The summed E-state index contributed by atoms with van der Waals surface area (Å²) >= 11 is 0. The standard InChI is InChI=1S/C37H24N2O/c40-37-30-13-5-8-16-34(30)39(35-17-9-6-14-31(35)37)28-21-18-25(19-22-28)26-20-23-36-32(24-26)29-12-4-7-15-33(29)38(36)27-10-2-1-3-11-27/h1-24H. The summed E-state index contributed by atoms with van der Waals surface area (Å²) in [7, 11) is 0.